The minimum Gasteiger partial charge on any atom is -0.480 e. The number of hydrogen-bond donors (Lipinski definition) is 7. The Labute approximate surface area is 159 Å². The molecule has 0 aromatic carbocycles. The van der Waals surface area contributed by atoms with Gasteiger partial charge in [0.15, 0.2) is 0 Å². The van der Waals surface area contributed by atoms with E-state index in [-0.39, 0.29) is 6.42 Å². The van der Waals surface area contributed by atoms with Crippen LogP contribution in [0.15, 0.2) is 12.5 Å². The molecule has 154 valence electrons. The van der Waals surface area contributed by atoms with Gasteiger partial charge in [0.2, 0.25) is 23.6 Å². The van der Waals surface area contributed by atoms with E-state index in [2.05, 4.69) is 25.9 Å². The van der Waals surface area contributed by atoms with Crippen LogP contribution in [0.3, 0.4) is 0 Å². The van der Waals surface area contributed by atoms with E-state index in [0.29, 0.717) is 5.69 Å². The molecule has 1 heterocycles. The number of rotatable bonds is 11. The Kier molecular flexibility index (Phi) is 8.55. The van der Waals surface area contributed by atoms with Gasteiger partial charge in [-0.2, -0.15) is 0 Å². The first-order valence-electron chi connectivity index (χ1n) is 8.21. The van der Waals surface area contributed by atoms with Gasteiger partial charge < -0.3 is 37.5 Å². The summed E-state index contributed by atoms with van der Waals surface area (Å²) < 4.78 is 0. The monoisotopic (exact) mass is 397 g/mol. The molecule has 13 nitrogen and oxygen atoms in total. The Morgan fingerprint density at radius 1 is 1.18 bits per heavy atom. The molecule has 1 aromatic rings. The van der Waals surface area contributed by atoms with E-state index in [9.17, 15) is 24.0 Å². The van der Waals surface area contributed by atoms with Gasteiger partial charge in [-0.15, -0.1) is 0 Å². The summed E-state index contributed by atoms with van der Waals surface area (Å²) in [5, 5.41) is 15.2. The predicted molar refractivity (Wildman–Crippen MR) is 94.3 cm³/mol. The molecule has 3 unspecified atom stereocenters. The first-order chi connectivity index (χ1) is 13.1. The van der Waals surface area contributed by atoms with Crippen LogP contribution >= 0.6 is 0 Å². The van der Waals surface area contributed by atoms with Crippen molar-refractivity contribution in [3.8, 4) is 0 Å². The molecule has 1 rings (SSSR count). The standard InChI is InChI=1S/C15H23N7O6/c1-7(13(26)19-5-12(24)25)21-15(28)10(3-11(17)23)22-14(27)9(16)2-8-4-18-6-20-8/h4,6-7,9-10H,2-3,5,16H2,1H3,(H2,17,23)(H,18,20)(H,19,26)(H,21,28)(H,22,27)(H,24,25). The highest BCUT2D eigenvalue weighted by molar-refractivity contribution is 5.95. The van der Waals surface area contributed by atoms with Crippen LogP contribution in [0.1, 0.15) is 19.0 Å². The number of primary amides is 1. The van der Waals surface area contributed by atoms with Crippen LogP contribution < -0.4 is 27.4 Å². The molecule has 4 amide bonds. The van der Waals surface area contributed by atoms with Gasteiger partial charge in [-0.05, 0) is 6.92 Å². The number of carboxylic acid groups (broad SMARTS) is 1. The second-order valence-corrected chi connectivity index (χ2v) is 5.96. The Morgan fingerprint density at radius 3 is 2.39 bits per heavy atom. The number of carbonyl (C=O) groups is 5. The summed E-state index contributed by atoms with van der Waals surface area (Å²) in [6.45, 7) is 0.686. The van der Waals surface area contributed by atoms with Gasteiger partial charge in [-0.25, -0.2) is 4.98 Å². The Bertz CT molecular complexity index is 720. The second kappa shape index (κ2) is 10.6. The third-order valence-corrected chi connectivity index (χ3v) is 3.54. The number of nitrogens with zero attached hydrogens (tertiary/aromatic N) is 1. The zero-order valence-electron chi connectivity index (χ0n) is 15.1. The van der Waals surface area contributed by atoms with E-state index < -0.39 is 60.7 Å². The number of hydrogen-bond acceptors (Lipinski definition) is 7. The molecule has 1 aromatic heterocycles. The van der Waals surface area contributed by atoms with Crippen LogP contribution in [-0.2, 0) is 30.4 Å². The van der Waals surface area contributed by atoms with Gasteiger partial charge in [-0.3, -0.25) is 24.0 Å². The van der Waals surface area contributed by atoms with Crippen molar-refractivity contribution < 1.29 is 29.1 Å². The molecule has 0 fully saturated rings. The minimum atomic E-state index is -1.35. The van der Waals surface area contributed by atoms with Crippen LogP contribution in [0.25, 0.3) is 0 Å². The van der Waals surface area contributed by atoms with Gasteiger partial charge in [0.1, 0.15) is 18.6 Å². The Morgan fingerprint density at radius 2 is 1.86 bits per heavy atom. The van der Waals surface area contributed by atoms with E-state index in [4.69, 9.17) is 16.6 Å². The summed E-state index contributed by atoms with van der Waals surface area (Å²) in [4.78, 5) is 64.5. The van der Waals surface area contributed by atoms with E-state index >= 15 is 0 Å². The molecule has 3 atom stereocenters. The average molecular weight is 397 g/mol. The number of aromatic nitrogens is 2. The van der Waals surface area contributed by atoms with Crippen molar-refractivity contribution in [2.24, 2.45) is 11.5 Å². The lowest BCUT2D eigenvalue weighted by Gasteiger charge is -2.21. The lowest BCUT2D eigenvalue weighted by Crippen LogP contribution is -2.56. The second-order valence-electron chi connectivity index (χ2n) is 5.96. The maximum absolute atomic E-state index is 12.3. The molecule has 0 aliphatic carbocycles. The lowest BCUT2D eigenvalue weighted by molar-refractivity contribution is -0.138. The van der Waals surface area contributed by atoms with Crippen LogP contribution in [0.5, 0.6) is 0 Å². The van der Waals surface area contributed by atoms with Gasteiger partial charge in [-0.1, -0.05) is 0 Å². The fraction of sp³-hybridized carbons (Fsp3) is 0.467. The molecular weight excluding hydrogens is 374 g/mol. The largest absolute Gasteiger partial charge is 0.480 e. The molecular formula is C15H23N7O6. The summed E-state index contributed by atoms with van der Waals surface area (Å²) in [6.07, 6.45) is 2.50. The fourth-order valence-electron chi connectivity index (χ4n) is 2.11. The topological polar surface area (TPSA) is 222 Å². The predicted octanol–water partition coefficient (Wildman–Crippen LogP) is -3.65. The van der Waals surface area contributed by atoms with Gasteiger partial charge >= 0.3 is 5.97 Å². The summed E-state index contributed by atoms with van der Waals surface area (Å²) in [5.74, 6) is -4.42. The number of amides is 4. The average Bonchev–Trinajstić information content (AvgIpc) is 3.11. The number of aromatic amines is 1. The lowest BCUT2D eigenvalue weighted by atomic mass is 10.1. The first kappa shape index (κ1) is 22.6. The van der Waals surface area contributed by atoms with Crippen molar-refractivity contribution in [3.05, 3.63) is 18.2 Å². The molecule has 0 saturated heterocycles. The normalized spacial score (nSPS) is 13.6. The number of nitrogens with one attached hydrogen (secondary N) is 4. The summed E-state index contributed by atoms with van der Waals surface area (Å²) in [5.41, 5.74) is 11.5. The third kappa shape index (κ3) is 7.82. The van der Waals surface area contributed by atoms with Crippen LogP contribution in [0.2, 0.25) is 0 Å². The quantitative estimate of drug-likeness (QED) is 0.197. The molecule has 13 heteroatoms. The van der Waals surface area contributed by atoms with Crippen molar-refractivity contribution >= 4 is 29.6 Å². The van der Waals surface area contributed by atoms with Crippen LogP contribution in [0, 0.1) is 0 Å². The maximum atomic E-state index is 12.3. The third-order valence-electron chi connectivity index (χ3n) is 3.54. The molecule has 0 bridgehead atoms. The van der Waals surface area contributed by atoms with Crippen molar-refractivity contribution in [1.29, 1.82) is 0 Å². The molecule has 0 radical (unpaired) electrons. The Hall–Kier alpha value is -3.48. The summed E-state index contributed by atoms with van der Waals surface area (Å²) in [7, 11) is 0. The number of nitrogens with two attached hydrogens (primary N) is 2. The van der Waals surface area contributed by atoms with Crippen LogP contribution in [-0.4, -0.2) is 69.3 Å². The van der Waals surface area contributed by atoms with Crippen molar-refractivity contribution in [3.63, 3.8) is 0 Å². The number of aliphatic carboxylic acids is 1. The van der Waals surface area contributed by atoms with Crippen molar-refractivity contribution in [2.75, 3.05) is 6.54 Å². The van der Waals surface area contributed by atoms with Gasteiger partial charge in [0.05, 0.1) is 18.8 Å². The molecule has 0 aliphatic heterocycles. The summed E-state index contributed by atoms with van der Waals surface area (Å²) >= 11 is 0. The van der Waals surface area contributed by atoms with Crippen molar-refractivity contribution in [1.82, 2.24) is 25.9 Å². The van der Waals surface area contributed by atoms with Crippen molar-refractivity contribution in [2.45, 2.75) is 37.9 Å². The minimum absolute atomic E-state index is 0.116. The number of carbonyl (C=O) groups excluding carboxylic acids is 4. The van der Waals surface area contributed by atoms with E-state index in [1.807, 2.05) is 0 Å². The number of carboxylic acids is 1. The van der Waals surface area contributed by atoms with Gasteiger partial charge in [0.25, 0.3) is 0 Å². The maximum Gasteiger partial charge on any atom is 0.322 e. The molecule has 9 N–H and O–H groups in total. The zero-order valence-corrected chi connectivity index (χ0v) is 15.1. The highest BCUT2D eigenvalue weighted by atomic mass is 16.4. The summed E-state index contributed by atoms with van der Waals surface area (Å²) in [6, 6.07) is -3.50. The molecule has 0 saturated carbocycles. The van der Waals surface area contributed by atoms with E-state index in [1.54, 1.807) is 0 Å². The van der Waals surface area contributed by atoms with E-state index in [1.165, 1.54) is 19.4 Å². The van der Waals surface area contributed by atoms with Crippen LogP contribution in [0.4, 0.5) is 0 Å². The SMILES string of the molecule is CC(NC(=O)C(CC(N)=O)NC(=O)C(N)Cc1cnc[nH]1)C(=O)NCC(=O)O. The first-order valence-corrected chi connectivity index (χ1v) is 8.21. The number of imidazole rings is 1. The highest BCUT2D eigenvalue weighted by Gasteiger charge is 2.28. The number of H-pyrrole nitrogens is 1. The smallest absolute Gasteiger partial charge is 0.322 e. The van der Waals surface area contributed by atoms with Gasteiger partial charge in [0, 0.05) is 18.3 Å². The molecule has 0 spiro atoms. The fourth-order valence-corrected chi connectivity index (χ4v) is 2.11. The van der Waals surface area contributed by atoms with E-state index in [0.717, 1.165) is 0 Å². The highest BCUT2D eigenvalue weighted by Crippen LogP contribution is 1.99. The zero-order chi connectivity index (χ0) is 21.3. The molecule has 28 heavy (non-hydrogen) atoms. The molecule has 0 aliphatic rings. The Balaban J connectivity index is 2.68.